The van der Waals surface area contributed by atoms with E-state index in [0.29, 0.717) is 11.4 Å². The van der Waals surface area contributed by atoms with E-state index < -0.39 is 11.7 Å². The third-order valence-corrected chi connectivity index (χ3v) is 2.87. The highest BCUT2D eigenvalue weighted by molar-refractivity contribution is 5.58. The number of benzene rings is 1. The van der Waals surface area contributed by atoms with Crippen LogP contribution in [0.3, 0.4) is 0 Å². The molecule has 0 fully saturated rings. The molecule has 0 aromatic heterocycles. The van der Waals surface area contributed by atoms with Crippen LogP contribution in [0.1, 0.15) is 18.1 Å². The molecule has 0 radical (unpaired) electrons. The van der Waals surface area contributed by atoms with Crippen LogP contribution < -0.4 is 10.6 Å². The first-order valence-electron chi connectivity index (χ1n) is 5.28. The molecule has 0 saturated heterocycles. The summed E-state index contributed by atoms with van der Waals surface area (Å²) in [6.07, 6.45) is -4.33. The molecule has 0 amide bonds. The van der Waals surface area contributed by atoms with Gasteiger partial charge in [-0.1, -0.05) is 12.6 Å². The Balaban J connectivity index is 2.49. The number of anilines is 1. The summed E-state index contributed by atoms with van der Waals surface area (Å²) in [5.41, 5.74) is 0.843. The summed E-state index contributed by atoms with van der Waals surface area (Å²) in [5.74, 6) is 0. The number of halogens is 3. The third kappa shape index (κ3) is 2.23. The molecule has 1 atom stereocenters. The number of nitrogens with one attached hydrogen (secondary N) is 2. The lowest BCUT2D eigenvalue weighted by Gasteiger charge is -2.16. The van der Waals surface area contributed by atoms with E-state index in [1.54, 1.807) is 6.07 Å². The van der Waals surface area contributed by atoms with Crippen LogP contribution in [0.15, 0.2) is 30.5 Å². The van der Waals surface area contributed by atoms with Gasteiger partial charge >= 0.3 is 6.18 Å². The van der Waals surface area contributed by atoms with Crippen molar-refractivity contribution in [2.75, 3.05) is 5.32 Å². The van der Waals surface area contributed by atoms with E-state index in [1.165, 1.54) is 6.07 Å². The van der Waals surface area contributed by atoms with Gasteiger partial charge in [-0.2, -0.15) is 13.2 Å². The Morgan fingerprint density at radius 2 is 2.06 bits per heavy atom. The normalized spacial score (nSPS) is 20.0. The van der Waals surface area contributed by atoms with Crippen molar-refractivity contribution in [3.8, 4) is 0 Å². The van der Waals surface area contributed by atoms with E-state index in [4.69, 9.17) is 0 Å². The average molecular weight is 242 g/mol. The Morgan fingerprint density at radius 1 is 1.35 bits per heavy atom. The second-order valence-electron chi connectivity index (χ2n) is 4.07. The Hall–Kier alpha value is -1.65. The van der Waals surface area contributed by atoms with Crippen molar-refractivity contribution in [1.82, 2.24) is 5.32 Å². The predicted molar refractivity (Wildman–Crippen MR) is 60.5 cm³/mol. The second-order valence-corrected chi connectivity index (χ2v) is 4.07. The lowest BCUT2D eigenvalue weighted by molar-refractivity contribution is -0.138. The molecule has 1 unspecified atom stereocenters. The van der Waals surface area contributed by atoms with Crippen LogP contribution in [0.5, 0.6) is 0 Å². The predicted octanol–water partition coefficient (Wildman–Crippen LogP) is 3.12. The van der Waals surface area contributed by atoms with E-state index in [0.717, 1.165) is 6.07 Å². The lowest BCUT2D eigenvalue weighted by atomic mass is 10.0. The van der Waals surface area contributed by atoms with Crippen LogP contribution in [0.4, 0.5) is 18.9 Å². The summed E-state index contributed by atoms with van der Waals surface area (Å²) in [5, 5.41) is 5.93. The molecular formula is C12H13F3N2. The Labute approximate surface area is 97.5 Å². The monoisotopic (exact) mass is 242 g/mol. The van der Waals surface area contributed by atoms with Crippen LogP contribution in [-0.2, 0) is 12.7 Å². The van der Waals surface area contributed by atoms with Crippen molar-refractivity contribution in [1.29, 1.82) is 0 Å². The molecule has 2 rings (SSSR count). The fourth-order valence-electron chi connectivity index (χ4n) is 1.85. The highest BCUT2D eigenvalue weighted by Gasteiger charge is 2.34. The lowest BCUT2D eigenvalue weighted by Crippen LogP contribution is -2.23. The molecule has 5 heteroatoms. The first kappa shape index (κ1) is 11.8. The maximum Gasteiger partial charge on any atom is 0.416 e. The van der Waals surface area contributed by atoms with Crippen molar-refractivity contribution in [3.63, 3.8) is 0 Å². The number of hydrogen-bond donors (Lipinski definition) is 2. The van der Waals surface area contributed by atoms with Crippen molar-refractivity contribution < 1.29 is 13.2 Å². The summed E-state index contributed by atoms with van der Waals surface area (Å²) in [7, 11) is 0. The molecule has 0 bridgehead atoms. The summed E-state index contributed by atoms with van der Waals surface area (Å²) >= 11 is 0. The molecule has 1 aliphatic rings. The highest BCUT2D eigenvalue weighted by atomic mass is 19.4. The van der Waals surface area contributed by atoms with E-state index in [-0.39, 0.29) is 18.2 Å². The molecule has 1 aromatic rings. The highest BCUT2D eigenvalue weighted by Crippen LogP contribution is 2.36. The van der Waals surface area contributed by atoms with Crippen molar-refractivity contribution in [2.45, 2.75) is 25.7 Å². The largest absolute Gasteiger partial charge is 0.416 e. The first-order valence-corrected chi connectivity index (χ1v) is 5.28. The molecule has 2 nitrogen and oxygen atoms in total. The minimum absolute atomic E-state index is 0.0975. The zero-order chi connectivity index (χ0) is 12.6. The fourth-order valence-corrected chi connectivity index (χ4v) is 1.85. The standard InChI is InChI=1S/C12H13F3N2/c1-7-8(2)17-11-5-3-4-10(12(13,14)15)9(11)6-16-7/h3-5,8,16-17H,1,6H2,2H3. The van der Waals surface area contributed by atoms with Gasteiger partial charge in [0.05, 0.1) is 11.6 Å². The molecule has 17 heavy (non-hydrogen) atoms. The Morgan fingerprint density at radius 3 is 2.71 bits per heavy atom. The smallest absolute Gasteiger partial charge is 0.383 e. The molecule has 2 N–H and O–H groups in total. The minimum atomic E-state index is -4.33. The van der Waals surface area contributed by atoms with Crippen LogP contribution in [0.25, 0.3) is 0 Å². The van der Waals surface area contributed by atoms with E-state index in [2.05, 4.69) is 17.2 Å². The topological polar surface area (TPSA) is 24.1 Å². The molecule has 1 aliphatic heterocycles. The van der Waals surface area contributed by atoms with Gasteiger partial charge in [-0.3, -0.25) is 0 Å². The molecular weight excluding hydrogens is 229 g/mol. The summed E-state index contributed by atoms with van der Waals surface area (Å²) in [6.45, 7) is 5.77. The number of alkyl halides is 3. The maximum atomic E-state index is 12.8. The number of rotatable bonds is 0. The van der Waals surface area contributed by atoms with Crippen LogP contribution >= 0.6 is 0 Å². The van der Waals surface area contributed by atoms with Crippen molar-refractivity contribution in [3.05, 3.63) is 41.6 Å². The summed E-state index contributed by atoms with van der Waals surface area (Å²) < 4.78 is 38.5. The van der Waals surface area contributed by atoms with Gasteiger partial charge in [0, 0.05) is 23.5 Å². The molecule has 0 saturated carbocycles. The average Bonchev–Trinajstić information content (AvgIpc) is 2.37. The van der Waals surface area contributed by atoms with Gasteiger partial charge in [0.25, 0.3) is 0 Å². The maximum absolute atomic E-state index is 12.8. The number of fused-ring (bicyclic) bond motifs is 1. The van der Waals surface area contributed by atoms with Crippen molar-refractivity contribution in [2.24, 2.45) is 0 Å². The Kier molecular flexibility index (Phi) is 2.77. The molecule has 0 spiro atoms. The van der Waals surface area contributed by atoms with Gasteiger partial charge in [0.2, 0.25) is 0 Å². The molecule has 0 aliphatic carbocycles. The van der Waals surface area contributed by atoms with Crippen LogP contribution in [-0.4, -0.2) is 6.04 Å². The van der Waals surface area contributed by atoms with E-state index in [1.807, 2.05) is 6.92 Å². The van der Waals surface area contributed by atoms with Gasteiger partial charge < -0.3 is 10.6 Å². The molecule has 1 heterocycles. The van der Waals surface area contributed by atoms with Gasteiger partial charge in [-0.25, -0.2) is 0 Å². The van der Waals surface area contributed by atoms with Gasteiger partial charge in [0.1, 0.15) is 0 Å². The third-order valence-electron chi connectivity index (χ3n) is 2.87. The van der Waals surface area contributed by atoms with Gasteiger partial charge in [0.15, 0.2) is 0 Å². The Bertz CT molecular complexity index is 452. The van der Waals surface area contributed by atoms with E-state index >= 15 is 0 Å². The molecule has 92 valence electrons. The second kappa shape index (κ2) is 3.98. The fraction of sp³-hybridized carbons (Fsp3) is 0.333. The zero-order valence-corrected chi connectivity index (χ0v) is 9.36. The van der Waals surface area contributed by atoms with Crippen molar-refractivity contribution >= 4 is 5.69 Å². The minimum Gasteiger partial charge on any atom is -0.383 e. The van der Waals surface area contributed by atoms with Gasteiger partial charge in [-0.15, -0.1) is 0 Å². The number of hydrogen-bond acceptors (Lipinski definition) is 2. The zero-order valence-electron chi connectivity index (χ0n) is 9.36. The van der Waals surface area contributed by atoms with Crippen LogP contribution in [0, 0.1) is 0 Å². The summed E-state index contributed by atoms with van der Waals surface area (Å²) in [6, 6.07) is 4.07. The SMILES string of the molecule is C=C1NCc2c(cccc2C(F)(F)F)NC1C. The molecule has 1 aromatic carbocycles. The quantitative estimate of drug-likeness (QED) is 0.730. The first-order chi connectivity index (χ1) is 7.89. The van der Waals surface area contributed by atoms with E-state index in [9.17, 15) is 13.2 Å². The van der Waals surface area contributed by atoms with Crippen LogP contribution in [0.2, 0.25) is 0 Å². The summed E-state index contributed by atoms with van der Waals surface area (Å²) in [4.78, 5) is 0. The van der Waals surface area contributed by atoms with Gasteiger partial charge in [-0.05, 0) is 19.1 Å².